The number of imidazole rings is 1. The van der Waals surface area contributed by atoms with E-state index in [1.807, 2.05) is 30.3 Å². The van der Waals surface area contributed by atoms with Crippen molar-refractivity contribution in [3.8, 4) is 12.1 Å². The van der Waals surface area contributed by atoms with Crippen LogP contribution in [0.2, 0.25) is 0 Å². The molecular formula is C17H10N4O2. The molecule has 0 aliphatic heterocycles. The van der Waals surface area contributed by atoms with E-state index in [1.54, 1.807) is 18.2 Å². The summed E-state index contributed by atoms with van der Waals surface area (Å²) >= 11 is 0. The largest absolute Gasteiger partial charge is 0.465 e. The number of nitrogens with one attached hydrogen (secondary N) is 1. The molecule has 2 heterocycles. The minimum absolute atomic E-state index is 0.106. The van der Waals surface area contributed by atoms with E-state index < -0.39 is 5.92 Å². The Hall–Kier alpha value is -3.64. The zero-order valence-corrected chi connectivity index (χ0v) is 11.9. The molecule has 23 heavy (non-hydrogen) atoms. The van der Waals surface area contributed by atoms with Crippen molar-refractivity contribution in [2.75, 3.05) is 0 Å². The second-order valence-electron chi connectivity index (χ2n) is 4.72. The average Bonchev–Trinajstić information content (AvgIpc) is 3.24. The maximum absolute atomic E-state index is 11.3. The van der Waals surface area contributed by atoms with Gasteiger partial charge in [-0.1, -0.05) is 12.1 Å². The standard InChI is InChI=1S/C17H10N4O2/c18-8-11(10-22)16(15-6-3-7-23-15)12(9-19)17-20-13-4-1-2-5-14(13)21-17/h1-7,10-11H,(H,20,21). The monoisotopic (exact) mass is 302 g/mol. The summed E-state index contributed by atoms with van der Waals surface area (Å²) in [7, 11) is 0. The lowest BCUT2D eigenvalue weighted by Crippen LogP contribution is -2.05. The number of aldehydes is 1. The third-order valence-electron chi connectivity index (χ3n) is 3.38. The van der Waals surface area contributed by atoms with E-state index in [1.165, 1.54) is 6.26 Å². The van der Waals surface area contributed by atoms with E-state index in [4.69, 9.17) is 4.42 Å². The van der Waals surface area contributed by atoms with Crippen LogP contribution < -0.4 is 0 Å². The summed E-state index contributed by atoms with van der Waals surface area (Å²) in [6.45, 7) is 0. The smallest absolute Gasteiger partial charge is 0.149 e. The minimum Gasteiger partial charge on any atom is -0.465 e. The van der Waals surface area contributed by atoms with Gasteiger partial charge in [0, 0.05) is 5.57 Å². The van der Waals surface area contributed by atoms with Gasteiger partial charge < -0.3 is 14.2 Å². The lowest BCUT2D eigenvalue weighted by molar-refractivity contribution is -0.108. The molecule has 110 valence electrons. The van der Waals surface area contributed by atoms with Crippen LogP contribution in [-0.2, 0) is 4.79 Å². The normalized spacial score (nSPS) is 13.0. The first-order chi connectivity index (χ1) is 11.3. The van der Waals surface area contributed by atoms with Crippen LogP contribution in [0.25, 0.3) is 22.2 Å². The van der Waals surface area contributed by atoms with Gasteiger partial charge in [0.25, 0.3) is 0 Å². The van der Waals surface area contributed by atoms with Crippen LogP contribution in [0, 0.1) is 28.6 Å². The van der Waals surface area contributed by atoms with Crippen LogP contribution in [0.3, 0.4) is 0 Å². The first-order valence-corrected chi connectivity index (χ1v) is 6.76. The number of H-pyrrole nitrogens is 1. The summed E-state index contributed by atoms with van der Waals surface area (Å²) < 4.78 is 5.30. The molecule has 3 aromatic rings. The molecule has 0 fully saturated rings. The molecule has 3 rings (SSSR count). The second kappa shape index (κ2) is 6.00. The molecule has 0 amide bonds. The summed E-state index contributed by atoms with van der Waals surface area (Å²) in [5.41, 5.74) is 1.76. The zero-order chi connectivity index (χ0) is 16.2. The number of aromatic amines is 1. The topological polar surface area (TPSA) is 106 Å². The number of carbonyl (C=O) groups excluding carboxylic acids is 1. The van der Waals surface area contributed by atoms with Crippen LogP contribution in [0.4, 0.5) is 0 Å². The first kappa shape index (κ1) is 14.3. The molecule has 0 bridgehead atoms. The summed E-state index contributed by atoms with van der Waals surface area (Å²) in [5.74, 6) is -0.535. The molecule has 1 atom stereocenters. The Kier molecular flexibility index (Phi) is 3.73. The summed E-state index contributed by atoms with van der Waals surface area (Å²) in [4.78, 5) is 18.7. The van der Waals surface area contributed by atoms with E-state index >= 15 is 0 Å². The number of carbonyl (C=O) groups is 1. The number of hydrogen-bond donors (Lipinski definition) is 1. The Balaban J connectivity index is 2.28. The molecule has 0 aliphatic rings. The Labute approximate surface area is 131 Å². The van der Waals surface area contributed by atoms with Crippen molar-refractivity contribution in [2.45, 2.75) is 0 Å². The number of para-hydroxylation sites is 2. The van der Waals surface area contributed by atoms with Crippen LogP contribution in [0.1, 0.15) is 11.6 Å². The fourth-order valence-electron chi connectivity index (χ4n) is 2.34. The number of fused-ring (bicyclic) bond motifs is 1. The maximum atomic E-state index is 11.3. The van der Waals surface area contributed by atoms with E-state index in [0.29, 0.717) is 23.4 Å². The van der Waals surface area contributed by atoms with Crippen molar-refractivity contribution in [2.24, 2.45) is 5.92 Å². The lowest BCUT2D eigenvalue weighted by Gasteiger charge is -2.07. The molecule has 0 aliphatic carbocycles. The van der Waals surface area contributed by atoms with E-state index in [0.717, 1.165) is 5.52 Å². The number of hydrogen-bond acceptors (Lipinski definition) is 5. The first-order valence-electron chi connectivity index (χ1n) is 6.76. The van der Waals surface area contributed by atoms with Crippen LogP contribution in [0.15, 0.2) is 47.1 Å². The number of rotatable bonds is 4. The highest BCUT2D eigenvalue weighted by atomic mass is 16.3. The molecular weight excluding hydrogens is 292 g/mol. The molecule has 0 saturated heterocycles. The highest BCUT2D eigenvalue weighted by molar-refractivity contribution is 6.01. The van der Waals surface area contributed by atoms with Gasteiger partial charge in [-0.05, 0) is 24.3 Å². The zero-order valence-electron chi connectivity index (χ0n) is 11.9. The van der Waals surface area contributed by atoms with Crippen molar-refractivity contribution >= 4 is 28.5 Å². The van der Waals surface area contributed by atoms with Crippen LogP contribution in [0.5, 0.6) is 0 Å². The molecule has 0 spiro atoms. The fourth-order valence-corrected chi connectivity index (χ4v) is 2.34. The van der Waals surface area contributed by atoms with Gasteiger partial charge in [-0.25, -0.2) is 4.98 Å². The van der Waals surface area contributed by atoms with Crippen molar-refractivity contribution in [3.05, 3.63) is 54.2 Å². The van der Waals surface area contributed by atoms with Gasteiger partial charge in [-0.3, -0.25) is 0 Å². The predicted octanol–water partition coefficient (Wildman–Crippen LogP) is 2.93. The van der Waals surface area contributed by atoms with Gasteiger partial charge in [-0.15, -0.1) is 0 Å². The number of furan rings is 1. The van der Waals surface area contributed by atoms with Gasteiger partial charge in [0.05, 0.1) is 23.4 Å². The molecule has 1 N–H and O–H groups in total. The average molecular weight is 302 g/mol. The molecule has 6 nitrogen and oxygen atoms in total. The van der Waals surface area contributed by atoms with Crippen molar-refractivity contribution in [1.82, 2.24) is 9.97 Å². The summed E-state index contributed by atoms with van der Waals surface area (Å²) in [6.07, 6.45) is 1.90. The number of nitriles is 2. The van der Waals surface area contributed by atoms with Crippen LogP contribution in [-0.4, -0.2) is 16.3 Å². The van der Waals surface area contributed by atoms with Gasteiger partial charge in [0.15, 0.2) is 0 Å². The minimum atomic E-state index is -1.12. The third-order valence-corrected chi connectivity index (χ3v) is 3.38. The predicted molar refractivity (Wildman–Crippen MR) is 82.4 cm³/mol. The third kappa shape index (κ3) is 2.50. The number of aromatic nitrogens is 2. The SMILES string of the molecule is N#CC(=C(c1ccco1)C(C#N)C=O)c1nc2ccccc2[nH]1. The molecule has 1 aromatic carbocycles. The van der Waals surface area contributed by atoms with E-state index in [2.05, 4.69) is 9.97 Å². The molecule has 6 heteroatoms. The maximum Gasteiger partial charge on any atom is 0.149 e. The van der Waals surface area contributed by atoms with Gasteiger partial charge in [0.2, 0.25) is 0 Å². The number of nitrogens with zero attached hydrogens (tertiary/aromatic N) is 3. The van der Waals surface area contributed by atoms with E-state index in [-0.39, 0.29) is 11.1 Å². The second-order valence-corrected chi connectivity index (χ2v) is 4.72. The van der Waals surface area contributed by atoms with Crippen molar-refractivity contribution in [3.63, 3.8) is 0 Å². The van der Waals surface area contributed by atoms with Gasteiger partial charge in [-0.2, -0.15) is 10.5 Å². The lowest BCUT2D eigenvalue weighted by atomic mass is 9.94. The Bertz CT molecular complexity index is 935. The van der Waals surface area contributed by atoms with Crippen molar-refractivity contribution < 1.29 is 9.21 Å². The molecule has 0 saturated carbocycles. The Morgan fingerprint density at radius 2 is 2.09 bits per heavy atom. The number of benzene rings is 1. The summed E-state index contributed by atoms with van der Waals surface area (Å²) in [5, 5.41) is 18.8. The molecule has 0 radical (unpaired) electrons. The molecule has 1 unspecified atom stereocenters. The van der Waals surface area contributed by atoms with Crippen molar-refractivity contribution in [1.29, 1.82) is 10.5 Å². The highest BCUT2D eigenvalue weighted by Crippen LogP contribution is 2.31. The van der Waals surface area contributed by atoms with Crippen LogP contribution >= 0.6 is 0 Å². The summed E-state index contributed by atoms with van der Waals surface area (Å²) in [6, 6.07) is 14.4. The Morgan fingerprint density at radius 1 is 1.26 bits per heavy atom. The van der Waals surface area contributed by atoms with Gasteiger partial charge >= 0.3 is 0 Å². The molecule has 2 aromatic heterocycles. The fraction of sp³-hybridized carbons (Fsp3) is 0.0588. The van der Waals surface area contributed by atoms with E-state index in [9.17, 15) is 15.3 Å². The Morgan fingerprint density at radius 3 is 2.70 bits per heavy atom. The quantitative estimate of drug-likeness (QED) is 0.589. The van der Waals surface area contributed by atoms with Gasteiger partial charge in [0.1, 0.15) is 35.4 Å². The number of allylic oxidation sites excluding steroid dienone is 2. The highest BCUT2D eigenvalue weighted by Gasteiger charge is 2.24.